The third-order valence-electron chi connectivity index (χ3n) is 4.48. The number of rotatable bonds is 5. The molecule has 1 aromatic heterocycles. The predicted octanol–water partition coefficient (Wildman–Crippen LogP) is 2.90. The van der Waals surface area contributed by atoms with Gasteiger partial charge in [-0.2, -0.15) is 5.10 Å². The maximum absolute atomic E-state index is 13.8. The van der Waals surface area contributed by atoms with E-state index in [9.17, 15) is 8.78 Å². The van der Waals surface area contributed by atoms with Gasteiger partial charge in [0.1, 0.15) is 17.7 Å². The second-order valence-electron chi connectivity index (χ2n) is 6.44. The van der Waals surface area contributed by atoms with E-state index in [-0.39, 0.29) is 42.1 Å². The van der Waals surface area contributed by atoms with Gasteiger partial charge in [-0.1, -0.05) is 6.07 Å². The van der Waals surface area contributed by atoms with Gasteiger partial charge in [-0.15, -0.1) is 24.0 Å². The number of morpholine rings is 1. The van der Waals surface area contributed by atoms with Gasteiger partial charge >= 0.3 is 0 Å². The van der Waals surface area contributed by atoms with Crippen LogP contribution >= 0.6 is 24.0 Å². The number of hydrogen-bond donors (Lipinski definition) is 1. The number of hydrogen-bond acceptors (Lipinski definition) is 3. The Kier molecular flexibility index (Phi) is 8.61. The van der Waals surface area contributed by atoms with Gasteiger partial charge in [-0.25, -0.2) is 8.78 Å². The number of halogens is 3. The lowest BCUT2D eigenvalue weighted by molar-refractivity contribution is -0.00803. The van der Waals surface area contributed by atoms with Crippen LogP contribution in [0.15, 0.2) is 35.6 Å². The first-order chi connectivity index (χ1) is 13.1. The molecule has 154 valence electrons. The predicted molar refractivity (Wildman–Crippen MR) is 115 cm³/mol. The molecule has 0 amide bonds. The lowest BCUT2D eigenvalue weighted by Gasteiger charge is -2.34. The Balaban J connectivity index is 0.00000280. The summed E-state index contributed by atoms with van der Waals surface area (Å²) in [6, 6.07) is 3.91. The molecule has 1 fully saturated rings. The van der Waals surface area contributed by atoms with Crippen LogP contribution in [0.1, 0.15) is 24.2 Å². The molecule has 6 nitrogen and oxygen atoms in total. The SMILES string of the molecule is CCNC(=NCCc1c(F)cccc1F)N1CCOC(c2cnn(C)c2)C1.I. The monoisotopic (exact) mass is 505 g/mol. The van der Waals surface area contributed by atoms with Gasteiger partial charge in [0.2, 0.25) is 0 Å². The molecule has 1 aromatic carbocycles. The van der Waals surface area contributed by atoms with Crippen LogP contribution in [-0.2, 0) is 18.2 Å². The van der Waals surface area contributed by atoms with Gasteiger partial charge < -0.3 is 15.0 Å². The number of nitrogens with one attached hydrogen (secondary N) is 1. The van der Waals surface area contributed by atoms with Crippen molar-refractivity contribution in [2.75, 3.05) is 32.8 Å². The van der Waals surface area contributed by atoms with Crippen molar-refractivity contribution < 1.29 is 13.5 Å². The Morgan fingerprint density at radius 2 is 2.11 bits per heavy atom. The molecule has 28 heavy (non-hydrogen) atoms. The summed E-state index contributed by atoms with van der Waals surface area (Å²) in [6.45, 7) is 4.93. The van der Waals surface area contributed by atoms with E-state index in [0.29, 0.717) is 32.8 Å². The topological polar surface area (TPSA) is 54.7 Å². The van der Waals surface area contributed by atoms with E-state index in [2.05, 4.69) is 20.3 Å². The molecular formula is C19H26F2IN5O. The van der Waals surface area contributed by atoms with Crippen LogP contribution in [0, 0.1) is 11.6 Å². The minimum absolute atomic E-state index is 0. The molecule has 1 unspecified atom stereocenters. The molecule has 0 aliphatic carbocycles. The second kappa shape index (κ2) is 10.7. The summed E-state index contributed by atoms with van der Waals surface area (Å²) in [7, 11) is 1.87. The van der Waals surface area contributed by atoms with Crippen LogP contribution in [0.5, 0.6) is 0 Å². The quantitative estimate of drug-likeness (QED) is 0.386. The number of guanidine groups is 1. The van der Waals surface area contributed by atoms with E-state index >= 15 is 0 Å². The van der Waals surface area contributed by atoms with E-state index in [0.717, 1.165) is 11.5 Å². The molecule has 1 saturated heterocycles. The molecule has 1 aliphatic rings. The largest absolute Gasteiger partial charge is 0.370 e. The maximum atomic E-state index is 13.8. The van der Waals surface area contributed by atoms with Crippen LogP contribution in [0.4, 0.5) is 8.78 Å². The van der Waals surface area contributed by atoms with Gasteiger partial charge in [0.25, 0.3) is 0 Å². The molecule has 1 N–H and O–H groups in total. The third-order valence-corrected chi connectivity index (χ3v) is 4.48. The summed E-state index contributed by atoms with van der Waals surface area (Å²) >= 11 is 0. The molecule has 9 heteroatoms. The van der Waals surface area contributed by atoms with Crippen molar-refractivity contribution in [1.29, 1.82) is 0 Å². The summed E-state index contributed by atoms with van der Waals surface area (Å²) in [5, 5.41) is 7.46. The number of ether oxygens (including phenoxy) is 1. The average Bonchev–Trinajstić information content (AvgIpc) is 3.10. The number of aryl methyl sites for hydroxylation is 1. The Hall–Kier alpha value is -1.75. The Morgan fingerprint density at radius 3 is 2.75 bits per heavy atom. The van der Waals surface area contributed by atoms with Gasteiger partial charge in [0, 0.05) is 44.0 Å². The summed E-state index contributed by atoms with van der Waals surface area (Å²) < 4.78 is 35.2. The molecule has 0 spiro atoms. The molecule has 0 saturated carbocycles. The molecule has 2 heterocycles. The maximum Gasteiger partial charge on any atom is 0.194 e. The summed E-state index contributed by atoms with van der Waals surface area (Å²) in [5.41, 5.74) is 1.10. The first-order valence-electron chi connectivity index (χ1n) is 9.14. The van der Waals surface area contributed by atoms with Crippen molar-refractivity contribution in [3.05, 3.63) is 53.4 Å². The third kappa shape index (κ3) is 5.63. The Bertz CT molecular complexity index is 778. The number of aliphatic imine (C=N–C) groups is 1. The minimum atomic E-state index is -0.529. The van der Waals surface area contributed by atoms with Crippen molar-refractivity contribution in [2.45, 2.75) is 19.4 Å². The highest BCUT2D eigenvalue weighted by Gasteiger charge is 2.25. The normalized spacial score (nSPS) is 17.4. The highest BCUT2D eigenvalue weighted by Crippen LogP contribution is 2.21. The Labute approximate surface area is 181 Å². The van der Waals surface area contributed by atoms with Crippen LogP contribution in [0.2, 0.25) is 0 Å². The van der Waals surface area contributed by atoms with Crippen molar-refractivity contribution in [1.82, 2.24) is 20.0 Å². The average molecular weight is 505 g/mol. The standard InChI is InChI=1S/C19H25F2N5O.HI/c1-3-22-19(23-8-7-15-16(20)5-4-6-17(15)21)26-9-10-27-18(13-26)14-11-24-25(2)12-14;/h4-6,11-12,18H,3,7-10,13H2,1-2H3,(H,22,23);1H. The van der Waals surface area contributed by atoms with Crippen molar-refractivity contribution in [2.24, 2.45) is 12.0 Å². The van der Waals surface area contributed by atoms with Crippen LogP contribution in [-0.4, -0.2) is 53.4 Å². The lowest BCUT2D eigenvalue weighted by atomic mass is 10.1. The highest BCUT2D eigenvalue weighted by molar-refractivity contribution is 14.0. The van der Waals surface area contributed by atoms with Gasteiger partial charge in [-0.3, -0.25) is 9.67 Å². The second-order valence-corrected chi connectivity index (χ2v) is 6.44. The zero-order valence-corrected chi connectivity index (χ0v) is 18.4. The molecule has 2 aromatic rings. The zero-order chi connectivity index (χ0) is 19.2. The van der Waals surface area contributed by atoms with Gasteiger partial charge in [-0.05, 0) is 25.5 Å². The molecule has 0 radical (unpaired) electrons. The van der Waals surface area contributed by atoms with E-state index in [1.54, 1.807) is 10.9 Å². The molecule has 0 bridgehead atoms. The molecular weight excluding hydrogens is 479 g/mol. The van der Waals surface area contributed by atoms with Crippen molar-refractivity contribution >= 4 is 29.9 Å². The smallest absolute Gasteiger partial charge is 0.194 e. The Morgan fingerprint density at radius 1 is 1.36 bits per heavy atom. The first-order valence-corrected chi connectivity index (χ1v) is 9.14. The molecule has 1 atom stereocenters. The number of benzene rings is 1. The first kappa shape index (κ1) is 22.5. The number of nitrogens with zero attached hydrogens (tertiary/aromatic N) is 4. The molecule has 3 rings (SSSR count). The zero-order valence-electron chi connectivity index (χ0n) is 16.1. The van der Waals surface area contributed by atoms with Crippen molar-refractivity contribution in [3.8, 4) is 0 Å². The highest BCUT2D eigenvalue weighted by atomic mass is 127. The summed E-state index contributed by atoms with van der Waals surface area (Å²) in [5.74, 6) is -0.331. The van der Waals surface area contributed by atoms with Crippen LogP contribution in [0.25, 0.3) is 0 Å². The van der Waals surface area contributed by atoms with E-state index < -0.39 is 11.6 Å². The fourth-order valence-corrected chi connectivity index (χ4v) is 3.12. The van der Waals surface area contributed by atoms with E-state index in [1.165, 1.54) is 18.2 Å². The van der Waals surface area contributed by atoms with Crippen molar-refractivity contribution in [3.63, 3.8) is 0 Å². The summed E-state index contributed by atoms with van der Waals surface area (Å²) in [6.07, 6.45) is 3.88. The molecule has 1 aliphatic heterocycles. The lowest BCUT2D eigenvalue weighted by Crippen LogP contribution is -2.48. The fraction of sp³-hybridized carbons (Fsp3) is 0.474. The van der Waals surface area contributed by atoms with E-state index in [4.69, 9.17) is 4.74 Å². The van der Waals surface area contributed by atoms with E-state index in [1.807, 2.05) is 20.2 Å². The summed E-state index contributed by atoms with van der Waals surface area (Å²) in [4.78, 5) is 6.68. The van der Waals surface area contributed by atoms with Gasteiger partial charge in [0.15, 0.2) is 5.96 Å². The van der Waals surface area contributed by atoms with Crippen LogP contribution < -0.4 is 5.32 Å². The number of aromatic nitrogens is 2. The van der Waals surface area contributed by atoms with Crippen LogP contribution in [0.3, 0.4) is 0 Å². The minimum Gasteiger partial charge on any atom is -0.370 e. The fourth-order valence-electron chi connectivity index (χ4n) is 3.12. The van der Waals surface area contributed by atoms with Gasteiger partial charge in [0.05, 0.1) is 19.3 Å².